The van der Waals surface area contributed by atoms with E-state index >= 15 is 0 Å². The van der Waals surface area contributed by atoms with Crippen LogP contribution in [0.4, 0.5) is 0 Å². The van der Waals surface area contributed by atoms with Crippen molar-refractivity contribution >= 4 is 11.6 Å². The average molecular weight is 240 g/mol. The maximum atomic E-state index is 5.75. The molecule has 0 aliphatic carbocycles. The van der Waals surface area contributed by atoms with Crippen LogP contribution in [0, 0.1) is 0 Å². The van der Waals surface area contributed by atoms with Gasteiger partial charge < -0.3 is 4.74 Å². The maximum Gasteiger partial charge on any atom is 0.119 e. The first-order chi connectivity index (χ1) is 7.61. The molecule has 0 saturated heterocycles. The quantitative estimate of drug-likeness (QED) is 0.756. The normalized spacial score (nSPS) is 10.5. The minimum atomic E-state index is 0.661. The summed E-state index contributed by atoms with van der Waals surface area (Å²) in [7, 11) is 2.02. The summed E-state index contributed by atoms with van der Waals surface area (Å²) in [5, 5.41) is 0.661. The van der Waals surface area contributed by atoms with E-state index in [4.69, 9.17) is 16.3 Å². The molecular formula is C13H18ClNO. The van der Waals surface area contributed by atoms with Gasteiger partial charge in [0.25, 0.3) is 0 Å². The van der Waals surface area contributed by atoms with E-state index in [9.17, 15) is 0 Å². The lowest BCUT2D eigenvalue weighted by Gasteiger charge is -2.15. The van der Waals surface area contributed by atoms with Crippen molar-refractivity contribution in [1.82, 2.24) is 4.90 Å². The van der Waals surface area contributed by atoms with Crippen LogP contribution < -0.4 is 4.74 Å². The van der Waals surface area contributed by atoms with Crippen molar-refractivity contribution in [2.75, 3.05) is 20.2 Å². The summed E-state index contributed by atoms with van der Waals surface area (Å²) < 4.78 is 5.38. The third kappa shape index (κ3) is 4.69. The predicted octanol–water partition coefficient (Wildman–Crippen LogP) is 3.27. The minimum absolute atomic E-state index is 0.661. The van der Waals surface area contributed by atoms with Crippen molar-refractivity contribution in [3.63, 3.8) is 0 Å². The van der Waals surface area contributed by atoms with Crippen LogP contribution >= 0.6 is 11.6 Å². The molecule has 0 radical (unpaired) electrons. The average Bonchev–Trinajstić information content (AvgIpc) is 2.20. The van der Waals surface area contributed by atoms with Crippen molar-refractivity contribution in [2.24, 2.45) is 0 Å². The number of benzene rings is 1. The maximum absolute atomic E-state index is 5.75. The van der Waals surface area contributed by atoms with Gasteiger partial charge >= 0.3 is 0 Å². The number of likely N-dealkylation sites (N-methyl/N-ethyl adjacent to an activating group) is 1. The predicted molar refractivity (Wildman–Crippen MR) is 68.9 cm³/mol. The zero-order valence-electron chi connectivity index (χ0n) is 9.87. The number of hydrogen-bond donors (Lipinski definition) is 0. The van der Waals surface area contributed by atoms with Gasteiger partial charge in [-0.15, -0.1) is 0 Å². The van der Waals surface area contributed by atoms with Crippen LogP contribution in [0.1, 0.15) is 12.5 Å². The molecule has 0 fully saturated rings. The summed E-state index contributed by atoms with van der Waals surface area (Å²) in [5.74, 6) is 0.913. The lowest BCUT2D eigenvalue weighted by molar-refractivity contribution is 0.339. The largest absolute Gasteiger partial charge is 0.494 e. The summed E-state index contributed by atoms with van der Waals surface area (Å²) >= 11 is 5.75. The first-order valence-electron chi connectivity index (χ1n) is 5.35. The Hall–Kier alpha value is -0.990. The highest BCUT2D eigenvalue weighted by Gasteiger charge is 2.01. The second-order valence-corrected chi connectivity index (χ2v) is 4.30. The fraction of sp³-hybridized carbons (Fsp3) is 0.385. The minimum Gasteiger partial charge on any atom is -0.494 e. The summed E-state index contributed by atoms with van der Waals surface area (Å²) in [6.45, 7) is 7.92. The molecule has 88 valence electrons. The molecule has 0 unspecified atom stereocenters. The second kappa shape index (κ2) is 6.56. The second-order valence-electron chi connectivity index (χ2n) is 3.77. The van der Waals surface area contributed by atoms with Crippen molar-refractivity contribution in [3.8, 4) is 5.75 Å². The van der Waals surface area contributed by atoms with Crippen LogP contribution in [0.2, 0.25) is 0 Å². The zero-order chi connectivity index (χ0) is 12.0. The van der Waals surface area contributed by atoms with E-state index in [-0.39, 0.29) is 0 Å². The fourth-order valence-electron chi connectivity index (χ4n) is 1.52. The van der Waals surface area contributed by atoms with Gasteiger partial charge in [0.05, 0.1) is 6.61 Å². The van der Waals surface area contributed by atoms with Gasteiger partial charge in [-0.3, -0.25) is 4.90 Å². The van der Waals surface area contributed by atoms with E-state index in [1.807, 2.05) is 26.1 Å². The smallest absolute Gasteiger partial charge is 0.119 e. The third-order valence-corrected chi connectivity index (χ3v) is 2.25. The molecule has 0 aromatic heterocycles. The summed E-state index contributed by atoms with van der Waals surface area (Å²) in [6, 6.07) is 8.11. The number of halogens is 1. The number of hydrogen-bond acceptors (Lipinski definition) is 2. The molecule has 0 aliphatic rings. The lowest BCUT2D eigenvalue weighted by atomic mass is 10.2. The first kappa shape index (κ1) is 13.1. The summed E-state index contributed by atoms with van der Waals surface area (Å²) in [6.07, 6.45) is 0. The van der Waals surface area contributed by atoms with E-state index in [1.54, 1.807) is 0 Å². The Morgan fingerprint density at radius 1 is 1.38 bits per heavy atom. The van der Waals surface area contributed by atoms with Gasteiger partial charge in [0.1, 0.15) is 5.75 Å². The Morgan fingerprint density at radius 2 is 2.00 bits per heavy atom. The molecule has 0 heterocycles. The Labute approximate surface area is 102 Å². The van der Waals surface area contributed by atoms with E-state index < -0.39 is 0 Å². The number of nitrogens with zero attached hydrogens (tertiary/aromatic N) is 1. The van der Waals surface area contributed by atoms with Crippen molar-refractivity contribution < 1.29 is 4.74 Å². The molecule has 0 aliphatic heterocycles. The molecule has 0 saturated carbocycles. The molecule has 16 heavy (non-hydrogen) atoms. The van der Waals surface area contributed by atoms with E-state index in [2.05, 4.69) is 23.6 Å². The van der Waals surface area contributed by atoms with Crippen LogP contribution in [-0.2, 0) is 6.54 Å². The zero-order valence-corrected chi connectivity index (χ0v) is 10.6. The first-order valence-corrected chi connectivity index (χ1v) is 5.73. The lowest BCUT2D eigenvalue weighted by Crippen LogP contribution is -2.18. The summed E-state index contributed by atoms with van der Waals surface area (Å²) in [5.41, 5.74) is 1.24. The third-order valence-electron chi connectivity index (χ3n) is 2.13. The Kier molecular flexibility index (Phi) is 5.36. The van der Waals surface area contributed by atoms with Crippen LogP contribution in [0.5, 0.6) is 5.75 Å². The van der Waals surface area contributed by atoms with Crippen LogP contribution in [-0.4, -0.2) is 25.1 Å². The van der Waals surface area contributed by atoms with Gasteiger partial charge in [-0.25, -0.2) is 0 Å². The highest BCUT2D eigenvalue weighted by atomic mass is 35.5. The van der Waals surface area contributed by atoms with E-state index in [0.29, 0.717) is 18.2 Å². The molecule has 0 spiro atoms. The molecule has 0 bridgehead atoms. The highest BCUT2D eigenvalue weighted by Crippen LogP contribution is 2.13. The molecular weight excluding hydrogens is 222 g/mol. The van der Waals surface area contributed by atoms with Gasteiger partial charge in [-0.1, -0.05) is 30.3 Å². The molecule has 0 atom stereocenters. The topological polar surface area (TPSA) is 12.5 Å². The summed E-state index contributed by atoms with van der Waals surface area (Å²) in [4.78, 5) is 2.12. The van der Waals surface area contributed by atoms with Gasteiger partial charge in [0.15, 0.2) is 0 Å². The monoisotopic (exact) mass is 239 g/mol. The SMILES string of the molecule is C=C(Cl)CN(C)Cc1ccc(OCC)cc1. The number of rotatable bonds is 6. The van der Waals surface area contributed by atoms with Crippen molar-refractivity contribution in [1.29, 1.82) is 0 Å². The van der Waals surface area contributed by atoms with Gasteiger partial charge in [0.2, 0.25) is 0 Å². The molecule has 2 nitrogen and oxygen atoms in total. The van der Waals surface area contributed by atoms with E-state index in [1.165, 1.54) is 5.56 Å². The van der Waals surface area contributed by atoms with Crippen molar-refractivity contribution in [3.05, 3.63) is 41.4 Å². The molecule has 3 heteroatoms. The molecule has 0 amide bonds. The standard InChI is InChI=1S/C13H18ClNO/c1-4-16-13-7-5-12(6-8-13)10-15(3)9-11(2)14/h5-8H,2,4,9-10H2,1,3H3. The van der Waals surface area contributed by atoms with Gasteiger partial charge in [-0.2, -0.15) is 0 Å². The van der Waals surface area contributed by atoms with Crippen LogP contribution in [0.25, 0.3) is 0 Å². The number of ether oxygens (including phenoxy) is 1. The Bertz CT molecular complexity index is 334. The Balaban J connectivity index is 2.51. The van der Waals surface area contributed by atoms with Crippen LogP contribution in [0.15, 0.2) is 35.9 Å². The molecule has 1 rings (SSSR count). The van der Waals surface area contributed by atoms with E-state index in [0.717, 1.165) is 12.3 Å². The molecule has 0 N–H and O–H groups in total. The Morgan fingerprint density at radius 3 is 2.50 bits per heavy atom. The highest BCUT2D eigenvalue weighted by molar-refractivity contribution is 6.29. The molecule has 1 aromatic rings. The van der Waals surface area contributed by atoms with Gasteiger partial charge in [-0.05, 0) is 31.7 Å². The van der Waals surface area contributed by atoms with Gasteiger partial charge in [0, 0.05) is 18.1 Å². The van der Waals surface area contributed by atoms with Crippen LogP contribution in [0.3, 0.4) is 0 Å². The molecule has 1 aromatic carbocycles. The fourth-order valence-corrected chi connectivity index (χ4v) is 1.72. The van der Waals surface area contributed by atoms with Crippen molar-refractivity contribution in [2.45, 2.75) is 13.5 Å².